The number of benzene rings is 1. The molecule has 0 amide bonds. The minimum Gasteiger partial charge on any atom is -0.368 e. The van der Waals surface area contributed by atoms with Crippen molar-refractivity contribution in [1.82, 2.24) is 15.0 Å². The fraction of sp³-hybridized carbons (Fsp3) is 0.273. The fourth-order valence-corrected chi connectivity index (χ4v) is 1.44. The van der Waals surface area contributed by atoms with E-state index in [0.29, 0.717) is 17.9 Å². The van der Waals surface area contributed by atoms with Crippen molar-refractivity contribution in [3.63, 3.8) is 0 Å². The Balaban J connectivity index is 2.11. The van der Waals surface area contributed by atoms with Crippen molar-refractivity contribution in [2.24, 2.45) is 0 Å². The quantitative estimate of drug-likeness (QED) is 0.855. The van der Waals surface area contributed by atoms with Crippen LogP contribution in [-0.4, -0.2) is 21.5 Å². The second-order valence-corrected chi connectivity index (χ2v) is 3.42. The highest BCUT2D eigenvalue weighted by molar-refractivity contribution is 5.29. The summed E-state index contributed by atoms with van der Waals surface area (Å²) in [5.41, 5.74) is 0.607. The fourth-order valence-electron chi connectivity index (χ4n) is 1.44. The first kappa shape index (κ1) is 10.6. The molecule has 0 atom stereocenters. The van der Waals surface area contributed by atoms with Crippen LogP contribution in [0.15, 0.2) is 30.5 Å². The molecule has 84 valence electrons. The normalized spacial score (nSPS) is 10.4. The number of nitrogens with zero attached hydrogens (tertiary/aromatic N) is 3. The second kappa shape index (κ2) is 4.74. The van der Waals surface area contributed by atoms with Crippen LogP contribution in [0.5, 0.6) is 0 Å². The standard InChI is InChI=1S/C11H13FN4/c1-2-13-11-8-16(15-14-11)7-9-5-3-4-6-10(9)12/h3-6,8,13H,2,7H2,1H3. The number of hydrogen-bond donors (Lipinski definition) is 1. The third kappa shape index (κ3) is 2.36. The molecular formula is C11H13FN4. The minimum absolute atomic E-state index is 0.219. The lowest BCUT2D eigenvalue weighted by atomic mass is 10.2. The summed E-state index contributed by atoms with van der Waals surface area (Å²) < 4.78 is 15.0. The Morgan fingerprint density at radius 2 is 2.19 bits per heavy atom. The molecule has 16 heavy (non-hydrogen) atoms. The first-order chi connectivity index (χ1) is 7.79. The highest BCUT2D eigenvalue weighted by Crippen LogP contribution is 2.09. The lowest BCUT2D eigenvalue weighted by Crippen LogP contribution is -2.02. The number of rotatable bonds is 4. The predicted octanol–water partition coefficient (Wildman–Crippen LogP) is 1.90. The average molecular weight is 220 g/mol. The Morgan fingerprint density at radius 3 is 2.94 bits per heavy atom. The van der Waals surface area contributed by atoms with Gasteiger partial charge in [-0.05, 0) is 13.0 Å². The van der Waals surface area contributed by atoms with E-state index in [0.717, 1.165) is 6.54 Å². The summed E-state index contributed by atoms with van der Waals surface area (Å²) in [6.07, 6.45) is 1.76. The number of aromatic nitrogens is 3. The molecule has 0 fully saturated rings. The molecule has 1 N–H and O–H groups in total. The summed E-state index contributed by atoms with van der Waals surface area (Å²) in [4.78, 5) is 0. The van der Waals surface area contributed by atoms with E-state index in [1.165, 1.54) is 6.07 Å². The third-order valence-electron chi connectivity index (χ3n) is 2.19. The molecule has 0 saturated heterocycles. The summed E-state index contributed by atoms with van der Waals surface area (Å²) in [5, 5.41) is 10.9. The molecule has 0 aliphatic rings. The first-order valence-corrected chi connectivity index (χ1v) is 5.17. The maximum absolute atomic E-state index is 13.4. The zero-order valence-electron chi connectivity index (χ0n) is 9.02. The van der Waals surface area contributed by atoms with E-state index < -0.39 is 0 Å². The van der Waals surface area contributed by atoms with Crippen molar-refractivity contribution in [2.45, 2.75) is 13.5 Å². The molecule has 0 unspecified atom stereocenters. The van der Waals surface area contributed by atoms with Crippen LogP contribution >= 0.6 is 0 Å². The molecule has 1 aromatic carbocycles. The summed E-state index contributed by atoms with van der Waals surface area (Å²) in [6, 6.07) is 6.66. The summed E-state index contributed by atoms with van der Waals surface area (Å²) in [7, 11) is 0. The highest BCUT2D eigenvalue weighted by Gasteiger charge is 2.03. The number of hydrogen-bond acceptors (Lipinski definition) is 3. The molecule has 2 aromatic rings. The van der Waals surface area contributed by atoms with Gasteiger partial charge in [0.15, 0.2) is 5.82 Å². The van der Waals surface area contributed by atoms with E-state index >= 15 is 0 Å². The van der Waals surface area contributed by atoms with Crippen molar-refractivity contribution in [3.8, 4) is 0 Å². The summed E-state index contributed by atoms with van der Waals surface area (Å²) in [6.45, 7) is 3.17. The Morgan fingerprint density at radius 1 is 1.38 bits per heavy atom. The molecule has 1 aromatic heterocycles. The summed E-state index contributed by atoms with van der Waals surface area (Å²) >= 11 is 0. The average Bonchev–Trinajstić information content (AvgIpc) is 2.70. The van der Waals surface area contributed by atoms with Gasteiger partial charge in [0.25, 0.3) is 0 Å². The lowest BCUT2D eigenvalue weighted by Gasteiger charge is -2.01. The Kier molecular flexibility index (Phi) is 3.14. The molecule has 4 nitrogen and oxygen atoms in total. The highest BCUT2D eigenvalue weighted by atomic mass is 19.1. The number of nitrogens with one attached hydrogen (secondary N) is 1. The van der Waals surface area contributed by atoms with Crippen LogP contribution in [0.4, 0.5) is 10.2 Å². The van der Waals surface area contributed by atoms with Gasteiger partial charge in [-0.1, -0.05) is 23.4 Å². The van der Waals surface area contributed by atoms with E-state index in [9.17, 15) is 4.39 Å². The predicted molar refractivity (Wildman–Crippen MR) is 59.7 cm³/mol. The van der Waals surface area contributed by atoms with Crippen LogP contribution in [0.2, 0.25) is 0 Å². The number of anilines is 1. The number of halogens is 1. The molecule has 0 spiro atoms. The SMILES string of the molecule is CCNc1cn(Cc2ccccc2F)nn1. The van der Waals surface area contributed by atoms with Gasteiger partial charge in [0, 0.05) is 12.1 Å². The van der Waals surface area contributed by atoms with Crippen LogP contribution in [0.3, 0.4) is 0 Å². The van der Waals surface area contributed by atoms with Crippen LogP contribution < -0.4 is 5.32 Å². The maximum Gasteiger partial charge on any atom is 0.168 e. The minimum atomic E-state index is -0.219. The monoisotopic (exact) mass is 220 g/mol. The van der Waals surface area contributed by atoms with Crippen LogP contribution in [0.1, 0.15) is 12.5 Å². The van der Waals surface area contributed by atoms with Crippen LogP contribution in [0.25, 0.3) is 0 Å². The van der Waals surface area contributed by atoms with Crippen molar-refractivity contribution < 1.29 is 4.39 Å². The van der Waals surface area contributed by atoms with Gasteiger partial charge in [-0.3, -0.25) is 0 Å². The van der Waals surface area contributed by atoms with Crippen LogP contribution in [0, 0.1) is 5.82 Å². The van der Waals surface area contributed by atoms with Gasteiger partial charge in [0.2, 0.25) is 0 Å². The summed E-state index contributed by atoms with van der Waals surface area (Å²) in [5.74, 6) is 0.488. The molecule has 0 aliphatic heterocycles. The molecule has 5 heteroatoms. The van der Waals surface area contributed by atoms with E-state index in [-0.39, 0.29) is 5.82 Å². The van der Waals surface area contributed by atoms with Crippen molar-refractivity contribution >= 4 is 5.82 Å². The first-order valence-electron chi connectivity index (χ1n) is 5.17. The van der Waals surface area contributed by atoms with Gasteiger partial charge < -0.3 is 5.32 Å². The van der Waals surface area contributed by atoms with E-state index in [2.05, 4.69) is 15.6 Å². The van der Waals surface area contributed by atoms with Gasteiger partial charge >= 0.3 is 0 Å². The molecule has 0 bridgehead atoms. The largest absolute Gasteiger partial charge is 0.368 e. The topological polar surface area (TPSA) is 42.7 Å². The second-order valence-electron chi connectivity index (χ2n) is 3.42. The lowest BCUT2D eigenvalue weighted by molar-refractivity contribution is 0.577. The zero-order valence-corrected chi connectivity index (χ0v) is 9.02. The van der Waals surface area contributed by atoms with Gasteiger partial charge in [-0.15, -0.1) is 5.10 Å². The van der Waals surface area contributed by atoms with Gasteiger partial charge in [0.05, 0.1) is 12.7 Å². The van der Waals surface area contributed by atoms with Gasteiger partial charge in [-0.25, -0.2) is 9.07 Å². The molecule has 0 saturated carbocycles. The molecule has 2 rings (SSSR count). The van der Waals surface area contributed by atoms with Crippen molar-refractivity contribution in [2.75, 3.05) is 11.9 Å². The Labute approximate surface area is 93.1 Å². The van der Waals surface area contributed by atoms with Gasteiger partial charge in [-0.2, -0.15) is 0 Å². The Hall–Kier alpha value is -1.91. The van der Waals surface area contributed by atoms with Crippen molar-refractivity contribution in [1.29, 1.82) is 0 Å². The molecule has 0 radical (unpaired) electrons. The maximum atomic E-state index is 13.4. The van der Waals surface area contributed by atoms with E-state index in [1.54, 1.807) is 29.1 Å². The Bertz CT molecular complexity index is 467. The van der Waals surface area contributed by atoms with E-state index in [4.69, 9.17) is 0 Å². The molecular weight excluding hydrogens is 207 g/mol. The van der Waals surface area contributed by atoms with Crippen molar-refractivity contribution in [3.05, 3.63) is 41.8 Å². The molecule has 0 aliphatic carbocycles. The smallest absolute Gasteiger partial charge is 0.168 e. The molecule has 1 heterocycles. The zero-order chi connectivity index (χ0) is 11.4. The van der Waals surface area contributed by atoms with Gasteiger partial charge in [0.1, 0.15) is 5.82 Å². The van der Waals surface area contributed by atoms with Crippen LogP contribution in [-0.2, 0) is 6.54 Å². The third-order valence-corrected chi connectivity index (χ3v) is 2.19. The van der Waals surface area contributed by atoms with E-state index in [1.807, 2.05) is 6.92 Å².